The number of aromatic amines is 1. The van der Waals surface area contributed by atoms with Gasteiger partial charge < -0.3 is 15.4 Å². The number of nitrogens with one attached hydrogen (secondary N) is 2. The summed E-state index contributed by atoms with van der Waals surface area (Å²) in [5.41, 5.74) is 3.81. The predicted molar refractivity (Wildman–Crippen MR) is 109 cm³/mol. The van der Waals surface area contributed by atoms with Gasteiger partial charge in [-0.25, -0.2) is 0 Å². The number of carbonyl (C=O) groups excluding carboxylic acids is 1. The van der Waals surface area contributed by atoms with Crippen LogP contribution >= 0.6 is 0 Å². The Morgan fingerprint density at radius 1 is 1.18 bits per heavy atom. The zero-order valence-electron chi connectivity index (χ0n) is 16.6. The molecule has 0 unspecified atom stereocenters. The van der Waals surface area contributed by atoms with Crippen molar-refractivity contribution < 1.29 is 14.7 Å². The zero-order valence-corrected chi connectivity index (χ0v) is 16.6. The molecule has 0 spiro atoms. The molecule has 28 heavy (non-hydrogen) atoms. The van der Waals surface area contributed by atoms with E-state index in [1.807, 2.05) is 25.1 Å². The number of aromatic nitrogens is 1. The Morgan fingerprint density at radius 2 is 1.93 bits per heavy atom. The summed E-state index contributed by atoms with van der Waals surface area (Å²) in [7, 11) is 0. The van der Waals surface area contributed by atoms with Gasteiger partial charge in [-0.1, -0.05) is 12.1 Å². The number of H-pyrrole nitrogens is 1. The van der Waals surface area contributed by atoms with Crippen LogP contribution in [0.4, 0.5) is 0 Å². The molecule has 1 amide bonds. The van der Waals surface area contributed by atoms with Gasteiger partial charge in [0, 0.05) is 36.3 Å². The number of fused-ring (bicyclic) bond motifs is 1. The highest BCUT2D eigenvalue weighted by molar-refractivity contribution is 6.06. The molecule has 1 saturated heterocycles. The number of carboxylic acids is 1. The lowest BCUT2D eigenvalue weighted by Crippen LogP contribution is -2.44. The average molecular weight is 383 g/mol. The number of benzene rings is 1. The van der Waals surface area contributed by atoms with E-state index in [1.165, 1.54) is 18.4 Å². The molecule has 150 valence electrons. The fourth-order valence-electron chi connectivity index (χ4n) is 4.53. The lowest BCUT2D eigenvalue weighted by atomic mass is 10.1. The Labute approximate surface area is 165 Å². The number of likely N-dealkylation sites (tertiary alicyclic amines) is 1. The monoisotopic (exact) mass is 383 g/mol. The zero-order chi connectivity index (χ0) is 19.8. The van der Waals surface area contributed by atoms with Gasteiger partial charge in [-0.3, -0.25) is 14.5 Å². The van der Waals surface area contributed by atoms with Crippen LogP contribution in [0.1, 0.15) is 53.7 Å². The highest BCUT2D eigenvalue weighted by atomic mass is 16.4. The Balaban J connectivity index is 1.45. The van der Waals surface area contributed by atoms with E-state index in [9.17, 15) is 14.7 Å². The number of aliphatic carboxylic acids is 1. The lowest BCUT2D eigenvalue weighted by molar-refractivity contribution is -0.138. The quantitative estimate of drug-likeness (QED) is 0.685. The summed E-state index contributed by atoms with van der Waals surface area (Å²) in [5.74, 6) is -0.106. The van der Waals surface area contributed by atoms with Crippen molar-refractivity contribution in [2.75, 3.05) is 13.1 Å². The minimum Gasteiger partial charge on any atom is -0.481 e. The second-order valence-corrected chi connectivity index (χ2v) is 8.44. The highest BCUT2D eigenvalue weighted by Gasteiger charge is 2.38. The molecule has 1 aromatic carbocycles. The number of amides is 1. The van der Waals surface area contributed by atoms with Crippen molar-refractivity contribution in [1.29, 1.82) is 0 Å². The number of carboxylic acid groups (broad SMARTS) is 1. The van der Waals surface area contributed by atoms with Crippen LogP contribution in [0.2, 0.25) is 0 Å². The fraction of sp³-hybridized carbons (Fsp3) is 0.545. The van der Waals surface area contributed by atoms with E-state index in [1.54, 1.807) is 0 Å². The molecule has 1 aromatic heterocycles. The molecule has 1 aliphatic carbocycles. The molecule has 2 aromatic rings. The van der Waals surface area contributed by atoms with Gasteiger partial charge in [0.1, 0.15) is 0 Å². The van der Waals surface area contributed by atoms with Crippen molar-refractivity contribution in [3.8, 4) is 0 Å². The number of hydrogen-bond donors (Lipinski definition) is 3. The van der Waals surface area contributed by atoms with E-state index in [-0.39, 0.29) is 24.4 Å². The first-order valence-electron chi connectivity index (χ1n) is 10.3. The van der Waals surface area contributed by atoms with Crippen LogP contribution < -0.4 is 5.32 Å². The molecule has 3 N–H and O–H groups in total. The molecule has 2 heterocycles. The number of nitrogens with zero attached hydrogens (tertiary/aromatic N) is 1. The number of rotatable bonds is 7. The first-order chi connectivity index (χ1) is 13.4. The van der Waals surface area contributed by atoms with Crippen molar-refractivity contribution in [3.05, 3.63) is 35.0 Å². The number of aryl methyl sites for hydroxylation is 2. The molecular weight excluding hydrogens is 354 g/mol. The van der Waals surface area contributed by atoms with Gasteiger partial charge >= 0.3 is 5.97 Å². The third kappa shape index (κ3) is 3.78. The Hall–Kier alpha value is -2.34. The molecule has 2 atom stereocenters. The number of para-hydroxylation sites is 1. The summed E-state index contributed by atoms with van der Waals surface area (Å²) in [6.45, 7) is 5.61. The van der Waals surface area contributed by atoms with Crippen LogP contribution in [-0.2, 0) is 4.79 Å². The van der Waals surface area contributed by atoms with Crippen LogP contribution in [0.5, 0.6) is 0 Å². The second-order valence-electron chi connectivity index (χ2n) is 8.44. The van der Waals surface area contributed by atoms with Crippen molar-refractivity contribution >= 4 is 22.8 Å². The maximum absolute atomic E-state index is 12.9. The summed E-state index contributed by atoms with van der Waals surface area (Å²) in [6, 6.07) is 6.14. The molecule has 2 aliphatic rings. The largest absolute Gasteiger partial charge is 0.481 e. The molecule has 1 saturated carbocycles. The lowest BCUT2D eigenvalue weighted by Gasteiger charge is -2.29. The number of hydrogen-bond acceptors (Lipinski definition) is 3. The van der Waals surface area contributed by atoms with Gasteiger partial charge in [-0.2, -0.15) is 0 Å². The molecule has 0 radical (unpaired) electrons. The Kier molecular flexibility index (Phi) is 5.15. The third-order valence-electron chi connectivity index (χ3n) is 6.43. The van der Waals surface area contributed by atoms with E-state index in [4.69, 9.17) is 0 Å². The molecule has 6 heteroatoms. The topological polar surface area (TPSA) is 85.4 Å². The van der Waals surface area contributed by atoms with Gasteiger partial charge in [-0.15, -0.1) is 0 Å². The van der Waals surface area contributed by atoms with E-state index in [0.29, 0.717) is 18.0 Å². The Bertz CT molecular complexity index is 900. The molecule has 4 rings (SSSR count). The van der Waals surface area contributed by atoms with Crippen molar-refractivity contribution in [2.24, 2.45) is 5.92 Å². The van der Waals surface area contributed by atoms with Crippen LogP contribution in [-0.4, -0.2) is 52.0 Å². The average Bonchev–Trinajstić information content (AvgIpc) is 3.34. The highest BCUT2D eigenvalue weighted by Crippen LogP contribution is 2.35. The second kappa shape index (κ2) is 7.59. The van der Waals surface area contributed by atoms with Crippen LogP contribution in [0.25, 0.3) is 10.9 Å². The summed E-state index contributed by atoms with van der Waals surface area (Å²) in [5, 5.41) is 13.4. The maximum Gasteiger partial charge on any atom is 0.304 e. The van der Waals surface area contributed by atoms with E-state index < -0.39 is 5.97 Å². The first kappa shape index (κ1) is 19.0. The smallest absolute Gasteiger partial charge is 0.304 e. The predicted octanol–water partition coefficient (Wildman–Crippen LogP) is 3.23. The van der Waals surface area contributed by atoms with Gasteiger partial charge in [-0.05, 0) is 57.1 Å². The molecular formula is C22H29N3O3. The number of carbonyl (C=O) groups is 2. The molecule has 1 aliphatic heterocycles. The fourth-order valence-corrected chi connectivity index (χ4v) is 4.53. The standard InChI is InChI=1S/C22H29N3O3/c1-13-14(2)24-21-18(13)4-3-5-19(21)22(28)23-11-17-9-8-16(10-20(26)27)25(17)12-15-6-7-15/h3-5,15-17,24H,6-12H2,1-2H3,(H,23,28)(H,26,27)/t16-,17+/m1/s1. The van der Waals surface area contributed by atoms with E-state index in [2.05, 4.69) is 22.1 Å². The molecule has 6 nitrogen and oxygen atoms in total. The van der Waals surface area contributed by atoms with Gasteiger partial charge in [0.05, 0.1) is 17.5 Å². The van der Waals surface area contributed by atoms with Crippen LogP contribution in [0.3, 0.4) is 0 Å². The molecule has 0 bridgehead atoms. The summed E-state index contributed by atoms with van der Waals surface area (Å²) >= 11 is 0. The molecule has 2 fully saturated rings. The summed E-state index contributed by atoms with van der Waals surface area (Å²) < 4.78 is 0. The minimum absolute atomic E-state index is 0.0695. The Morgan fingerprint density at radius 3 is 2.64 bits per heavy atom. The maximum atomic E-state index is 12.9. The first-order valence-corrected chi connectivity index (χ1v) is 10.3. The van der Waals surface area contributed by atoms with Crippen LogP contribution in [0.15, 0.2) is 18.2 Å². The normalized spacial score (nSPS) is 22.6. The third-order valence-corrected chi connectivity index (χ3v) is 6.43. The van der Waals surface area contributed by atoms with E-state index >= 15 is 0 Å². The van der Waals surface area contributed by atoms with Gasteiger partial charge in [0.25, 0.3) is 5.91 Å². The van der Waals surface area contributed by atoms with E-state index in [0.717, 1.165) is 36.0 Å². The summed E-state index contributed by atoms with van der Waals surface area (Å²) in [4.78, 5) is 29.8. The van der Waals surface area contributed by atoms with Gasteiger partial charge in [0.2, 0.25) is 0 Å². The van der Waals surface area contributed by atoms with Gasteiger partial charge in [0.15, 0.2) is 0 Å². The van der Waals surface area contributed by atoms with Crippen LogP contribution in [0, 0.1) is 19.8 Å². The van der Waals surface area contributed by atoms with Crippen molar-refractivity contribution in [3.63, 3.8) is 0 Å². The minimum atomic E-state index is -0.736. The van der Waals surface area contributed by atoms with Crippen molar-refractivity contribution in [1.82, 2.24) is 15.2 Å². The summed E-state index contributed by atoms with van der Waals surface area (Å²) in [6.07, 6.45) is 4.50. The van der Waals surface area contributed by atoms with Crippen molar-refractivity contribution in [2.45, 2.75) is 58.0 Å². The SMILES string of the molecule is Cc1[nH]c2c(C(=O)NC[C@@H]3CC[C@H](CC(=O)O)N3CC3CC3)cccc2c1C.